The van der Waals surface area contributed by atoms with Gasteiger partial charge in [0, 0.05) is 29.5 Å². The van der Waals surface area contributed by atoms with Crippen LogP contribution in [0.15, 0.2) is 73.2 Å². The molecular weight excluding hydrogens is 361 g/mol. The highest BCUT2D eigenvalue weighted by molar-refractivity contribution is 6.34. The Morgan fingerprint density at radius 3 is 2.59 bits per heavy atom. The summed E-state index contributed by atoms with van der Waals surface area (Å²) in [4.78, 5) is 8.37. The summed E-state index contributed by atoms with van der Waals surface area (Å²) < 4.78 is 14.6. The zero-order valence-corrected chi connectivity index (χ0v) is 15.4. The first-order valence-electron chi connectivity index (χ1n) is 8.63. The molecule has 0 amide bonds. The molecule has 0 radical (unpaired) electrons. The van der Waals surface area contributed by atoms with Crippen LogP contribution in [0.2, 0.25) is 5.02 Å². The molecule has 27 heavy (non-hydrogen) atoms. The van der Waals surface area contributed by atoms with Crippen molar-refractivity contribution in [1.82, 2.24) is 9.97 Å². The normalized spacial score (nSPS) is 12.1. The van der Waals surface area contributed by atoms with Crippen molar-refractivity contribution < 1.29 is 4.39 Å². The highest BCUT2D eigenvalue weighted by Crippen LogP contribution is 2.34. The lowest BCUT2D eigenvalue weighted by Gasteiger charge is -2.19. The molecule has 5 heteroatoms. The molecule has 1 N–H and O–H groups in total. The highest BCUT2D eigenvalue weighted by atomic mass is 35.5. The van der Waals surface area contributed by atoms with Crippen molar-refractivity contribution in [2.24, 2.45) is 0 Å². The lowest BCUT2D eigenvalue weighted by Crippen LogP contribution is -2.10. The van der Waals surface area contributed by atoms with Crippen LogP contribution < -0.4 is 5.32 Å². The van der Waals surface area contributed by atoms with Crippen LogP contribution in [0, 0.1) is 5.82 Å². The van der Waals surface area contributed by atoms with Crippen molar-refractivity contribution in [1.29, 1.82) is 0 Å². The number of benzene rings is 2. The predicted molar refractivity (Wildman–Crippen MR) is 108 cm³/mol. The van der Waals surface area contributed by atoms with Crippen molar-refractivity contribution in [2.75, 3.05) is 5.32 Å². The average molecular weight is 378 g/mol. The Balaban J connectivity index is 1.72. The molecular formula is C22H17ClFN3. The van der Waals surface area contributed by atoms with Crippen LogP contribution in [0.4, 0.5) is 10.1 Å². The maximum absolute atomic E-state index is 14.6. The van der Waals surface area contributed by atoms with Crippen molar-refractivity contribution in [3.63, 3.8) is 0 Å². The van der Waals surface area contributed by atoms with Gasteiger partial charge in [0.2, 0.25) is 0 Å². The van der Waals surface area contributed by atoms with E-state index in [0.29, 0.717) is 10.6 Å². The molecule has 0 aliphatic heterocycles. The van der Waals surface area contributed by atoms with E-state index in [-0.39, 0.29) is 11.9 Å². The van der Waals surface area contributed by atoms with E-state index in [2.05, 4.69) is 15.3 Å². The number of pyridine rings is 2. The van der Waals surface area contributed by atoms with Crippen LogP contribution in [0.5, 0.6) is 0 Å². The molecule has 0 fully saturated rings. The number of anilines is 1. The maximum atomic E-state index is 14.6. The minimum absolute atomic E-state index is 0.262. The molecule has 4 aromatic rings. The third-order valence-corrected chi connectivity index (χ3v) is 4.85. The molecule has 2 aromatic carbocycles. The van der Waals surface area contributed by atoms with Gasteiger partial charge in [-0.3, -0.25) is 9.97 Å². The van der Waals surface area contributed by atoms with Gasteiger partial charge in [0.25, 0.3) is 0 Å². The second-order valence-corrected chi connectivity index (χ2v) is 6.74. The Kier molecular flexibility index (Phi) is 4.73. The molecule has 0 aliphatic rings. The second kappa shape index (κ2) is 7.33. The molecule has 2 heterocycles. The van der Waals surface area contributed by atoms with Crippen LogP contribution in [0.1, 0.15) is 18.5 Å². The van der Waals surface area contributed by atoms with Crippen molar-refractivity contribution in [3.05, 3.63) is 89.6 Å². The predicted octanol–water partition coefficient (Wildman–Crippen LogP) is 6.26. The van der Waals surface area contributed by atoms with Crippen LogP contribution in [-0.4, -0.2) is 9.97 Å². The van der Waals surface area contributed by atoms with E-state index in [1.165, 1.54) is 6.07 Å². The molecule has 0 aliphatic carbocycles. The van der Waals surface area contributed by atoms with Gasteiger partial charge >= 0.3 is 0 Å². The van der Waals surface area contributed by atoms with Crippen LogP contribution >= 0.6 is 11.6 Å². The Labute approximate surface area is 161 Å². The topological polar surface area (TPSA) is 37.8 Å². The van der Waals surface area contributed by atoms with Crippen LogP contribution in [0.25, 0.3) is 22.0 Å². The number of para-hydroxylation sites is 1. The Morgan fingerprint density at radius 2 is 1.78 bits per heavy atom. The Bertz CT molecular complexity index is 1100. The van der Waals surface area contributed by atoms with E-state index in [1.807, 2.05) is 49.4 Å². The fourth-order valence-electron chi connectivity index (χ4n) is 3.16. The Morgan fingerprint density at radius 1 is 1.00 bits per heavy atom. The Hall–Kier alpha value is -2.98. The summed E-state index contributed by atoms with van der Waals surface area (Å²) in [5.74, 6) is -0.262. The summed E-state index contributed by atoms with van der Waals surface area (Å²) in [6.07, 6.45) is 5.06. The number of nitrogens with zero attached hydrogens (tertiary/aromatic N) is 2. The largest absolute Gasteiger partial charge is 0.377 e. The zero-order valence-electron chi connectivity index (χ0n) is 14.7. The van der Waals surface area contributed by atoms with Gasteiger partial charge < -0.3 is 5.32 Å². The summed E-state index contributed by atoms with van der Waals surface area (Å²) >= 11 is 6.38. The van der Waals surface area contributed by atoms with Crippen LogP contribution in [0.3, 0.4) is 0 Å². The van der Waals surface area contributed by atoms with Gasteiger partial charge in [0.05, 0.1) is 22.3 Å². The van der Waals surface area contributed by atoms with Crippen molar-refractivity contribution >= 4 is 28.2 Å². The van der Waals surface area contributed by atoms with E-state index < -0.39 is 0 Å². The minimum Gasteiger partial charge on any atom is -0.377 e. The average Bonchev–Trinajstić information content (AvgIpc) is 2.71. The van der Waals surface area contributed by atoms with Gasteiger partial charge in [-0.25, -0.2) is 4.39 Å². The molecule has 1 atom stereocenters. The number of nitrogens with one attached hydrogen (secondary N) is 1. The summed E-state index contributed by atoms with van der Waals surface area (Å²) in [6.45, 7) is 1.92. The van der Waals surface area contributed by atoms with Gasteiger partial charge in [0.1, 0.15) is 5.82 Å². The SMILES string of the molecule is CC(Nc1c(Cl)cnc2ccccc12)c1cc(-c2ccncc2)ccc1F. The quantitative estimate of drug-likeness (QED) is 0.456. The van der Waals surface area contributed by atoms with Crippen molar-refractivity contribution in [2.45, 2.75) is 13.0 Å². The number of hydrogen-bond donors (Lipinski definition) is 1. The number of halogens is 2. The molecule has 4 rings (SSSR count). The number of hydrogen-bond acceptors (Lipinski definition) is 3. The lowest BCUT2D eigenvalue weighted by molar-refractivity contribution is 0.600. The van der Waals surface area contributed by atoms with Gasteiger partial charge in [-0.2, -0.15) is 0 Å². The van der Waals surface area contributed by atoms with E-state index in [4.69, 9.17) is 11.6 Å². The molecule has 0 bridgehead atoms. The first kappa shape index (κ1) is 17.4. The number of fused-ring (bicyclic) bond motifs is 1. The smallest absolute Gasteiger partial charge is 0.128 e. The first-order chi connectivity index (χ1) is 13.1. The standard InChI is InChI=1S/C22H17ClFN3/c1-14(27-22-17-4-2-3-5-21(17)26-13-19(22)23)18-12-16(6-7-20(18)24)15-8-10-25-11-9-15/h2-14H,1H3,(H,26,27). The minimum atomic E-state index is -0.282. The second-order valence-electron chi connectivity index (χ2n) is 6.34. The summed E-state index contributed by atoms with van der Waals surface area (Å²) in [6, 6.07) is 16.4. The fraction of sp³-hybridized carbons (Fsp3) is 0.0909. The molecule has 3 nitrogen and oxygen atoms in total. The first-order valence-corrected chi connectivity index (χ1v) is 9.01. The van der Waals surface area contributed by atoms with Gasteiger partial charge in [-0.1, -0.05) is 35.9 Å². The molecule has 134 valence electrons. The third kappa shape index (κ3) is 3.49. The van der Waals surface area contributed by atoms with Gasteiger partial charge in [-0.15, -0.1) is 0 Å². The molecule has 0 saturated carbocycles. The highest BCUT2D eigenvalue weighted by Gasteiger charge is 2.15. The van der Waals surface area contributed by atoms with E-state index in [1.54, 1.807) is 24.7 Å². The summed E-state index contributed by atoms with van der Waals surface area (Å²) in [5, 5.41) is 4.78. The number of rotatable bonds is 4. The molecule has 2 aromatic heterocycles. The molecule has 0 spiro atoms. The monoisotopic (exact) mass is 377 g/mol. The third-order valence-electron chi connectivity index (χ3n) is 4.57. The number of aromatic nitrogens is 2. The van der Waals surface area contributed by atoms with Crippen LogP contribution in [-0.2, 0) is 0 Å². The fourth-order valence-corrected chi connectivity index (χ4v) is 3.36. The van der Waals surface area contributed by atoms with E-state index >= 15 is 0 Å². The maximum Gasteiger partial charge on any atom is 0.128 e. The van der Waals surface area contributed by atoms with E-state index in [9.17, 15) is 4.39 Å². The summed E-state index contributed by atoms with van der Waals surface area (Å²) in [5.41, 5.74) is 4.09. The molecule has 0 saturated heterocycles. The van der Waals surface area contributed by atoms with E-state index in [0.717, 1.165) is 27.7 Å². The zero-order chi connectivity index (χ0) is 18.8. The lowest BCUT2D eigenvalue weighted by atomic mass is 10.00. The van der Waals surface area contributed by atoms with Crippen molar-refractivity contribution in [3.8, 4) is 11.1 Å². The molecule has 1 unspecified atom stereocenters. The van der Waals surface area contributed by atoms with Gasteiger partial charge in [-0.05, 0) is 48.4 Å². The summed E-state index contributed by atoms with van der Waals surface area (Å²) in [7, 11) is 0. The van der Waals surface area contributed by atoms with Gasteiger partial charge in [0.15, 0.2) is 0 Å².